The zero-order valence-electron chi connectivity index (χ0n) is 15.4. The number of nitrogens with zero attached hydrogens (tertiary/aromatic N) is 4. The van der Waals surface area contributed by atoms with Crippen LogP contribution in [0.25, 0.3) is 0 Å². The standard InChI is InChI=1S/C17H26N6O2.HI/c1-4-18-17(20-12-16-21-13-22-23(16)2)19-11-14-5-7-15(8-6-14)25-10-9-24-3;/h5-8,13H,4,9-12H2,1-3H3,(H2,18,19,20);1H. The van der Waals surface area contributed by atoms with E-state index in [1.165, 1.54) is 6.33 Å². The van der Waals surface area contributed by atoms with Gasteiger partial charge in [-0.25, -0.2) is 9.98 Å². The topological polar surface area (TPSA) is 85.6 Å². The highest BCUT2D eigenvalue weighted by Crippen LogP contribution is 2.12. The zero-order chi connectivity index (χ0) is 17.9. The van der Waals surface area contributed by atoms with Gasteiger partial charge in [-0.1, -0.05) is 12.1 Å². The molecule has 1 aromatic heterocycles. The summed E-state index contributed by atoms with van der Waals surface area (Å²) in [5, 5.41) is 10.5. The largest absolute Gasteiger partial charge is 0.491 e. The first-order valence-corrected chi connectivity index (χ1v) is 8.28. The van der Waals surface area contributed by atoms with Gasteiger partial charge < -0.3 is 20.1 Å². The van der Waals surface area contributed by atoms with Crippen molar-refractivity contribution in [3.05, 3.63) is 42.0 Å². The lowest BCUT2D eigenvalue weighted by molar-refractivity contribution is 0.146. The van der Waals surface area contributed by atoms with Gasteiger partial charge in [-0.2, -0.15) is 5.10 Å². The molecular formula is C17H27IN6O2. The Labute approximate surface area is 171 Å². The minimum absolute atomic E-state index is 0. The number of aryl methyl sites for hydroxylation is 1. The summed E-state index contributed by atoms with van der Waals surface area (Å²) in [6.07, 6.45) is 1.54. The highest BCUT2D eigenvalue weighted by Gasteiger charge is 2.03. The molecule has 1 aromatic carbocycles. The Kier molecular flexibility index (Phi) is 10.6. The minimum atomic E-state index is 0. The maximum atomic E-state index is 5.56. The van der Waals surface area contributed by atoms with Gasteiger partial charge in [0.25, 0.3) is 0 Å². The van der Waals surface area contributed by atoms with Gasteiger partial charge in [0, 0.05) is 20.7 Å². The number of guanidine groups is 1. The molecule has 0 spiro atoms. The number of benzene rings is 1. The van der Waals surface area contributed by atoms with E-state index in [0.29, 0.717) is 26.3 Å². The molecule has 0 atom stereocenters. The summed E-state index contributed by atoms with van der Waals surface area (Å²) in [5.74, 6) is 2.42. The van der Waals surface area contributed by atoms with Crippen LogP contribution in [-0.4, -0.2) is 47.6 Å². The lowest BCUT2D eigenvalue weighted by Gasteiger charge is -2.11. The van der Waals surface area contributed by atoms with E-state index in [9.17, 15) is 0 Å². The summed E-state index contributed by atoms with van der Waals surface area (Å²) in [6, 6.07) is 7.91. The third-order valence-electron chi connectivity index (χ3n) is 3.46. The summed E-state index contributed by atoms with van der Waals surface area (Å²) in [6.45, 7) is 5.09. The van der Waals surface area contributed by atoms with E-state index in [-0.39, 0.29) is 24.0 Å². The number of aliphatic imine (C=N–C) groups is 1. The molecule has 8 nitrogen and oxygen atoms in total. The van der Waals surface area contributed by atoms with Crippen LogP contribution in [0.4, 0.5) is 0 Å². The van der Waals surface area contributed by atoms with E-state index in [1.807, 2.05) is 38.2 Å². The molecule has 0 radical (unpaired) electrons. The minimum Gasteiger partial charge on any atom is -0.491 e. The number of ether oxygens (including phenoxy) is 2. The zero-order valence-corrected chi connectivity index (χ0v) is 17.8. The maximum Gasteiger partial charge on any atom is 0.191 e. The van der Waals surface area contributed by atoms with Crippen LogP contribution in [0.1, 0.15) is 18.3 Å². The number of hydrogen-bond donors (Lipinski definition) is 2. The van der Waals surface area contributed by atoms with E-state index in [1.54, 1.807) is 11.8 Å². The number of rotatable bonds is 9. The van der Waals surface area contributed by atoms with Gasteiger partial charge in [0.2, 0.25) is 0 Å². The molecule has 2 rings (SSSR count). The van der Waals surface area contributed by atoms with E-state index in [0.717, 1.165) is 29.6 Å². The monoisotopic (exact) mass is 474 g/mol. The van der Waals surface area contributed by atoms with Crippen LogP contribution < -0.4 is 15.4 Å². The van der Waals surface area contributed by atoms with Gasteiger partial charge in [-0.15, -0.1) is 24.0 Å². The van der Waals surface area contributed by atoms with Gasteiger partial charge in [-0.3, -0.25) is 4.68 Å². The van der Waals surface area contributed by atoms with Crippen molar-refractivity contribution in [1.29, 1.82) is 0 Å². The SMILES string of the molecule is CCNC(=NCc1ccc(OCCOC)cc1)NCc1ncnn1C.I. The van der Waals surface area contributed by atoms with Crippen molar-refractivity contribution in [2.45, 2.75) is 20.0 Å². The van der Waals surface area contributed by atoms with Crippen LogP contribution in [0, 0.1) is 0 Å². The summed E-state index contributed by atoms with van der Waals surface area (Å²) in [4.78, 5) is 8.78. The molecule has 0 aliphatic carbocycles. The fourth-order valence-electron chi connectivity index (χ4n) is 2.09. The third kappa shape index (κ3) is 7.56. The van der Waals surface area contributed by atoms with Crippen molar-refractivity contribution >= 4 is 29.9 Å². The second kappa shape index (κ2) is 12.5. The normalized spacial score (nSPS) is 11.0. The van der Waals surface area contributed by atoms with E-state index < -0.39 is 0 Å². The molecule has 0 fully saturated rings. The van der Waals surface area contributed by atoms with Crippen LogP contribution in [0.15, 0.2) is 35.6 Å². The Morgan fingerprint density at radius 1 is 1.19 bits per heavy atom. The summed E-state index contributed by atoms with van der Waals surface area (Å²) < 4.78 is 12.3. The quantitative estimate of drug-likeness (QED) is 0.249. The van der Waals surface area contributed by atoms with Gasteiger partial charge in [-0.05, 0) is 24.6 Å². The van der Waals surface area contributed by atoms with Crippen molar-refractivity contribution < 1.29 is 9.47 Å². The van der Waals surface area contributed by atoms with Crippen LogP contribution >= 0.6 is 24.0 Å². The molecule has 26 heavy (non-hydrogen) atoms. The maximum absolute atomic E-state index is 5.56. The second-order valence-corrected chi connectivity index (χ2v) is 5.33. The van der Waals surface area contributed by atoms with Gasteiger partial charge in [0.05, 0.1) is 19.7 Å². The fourth-order valence-corrected chi connectivity index (χ4v) is 2.09. The van der Waals surface area contributed by atoms with Crippen LogP contribution in [0.2, 0.25) is 0 Å². The molecule has 144 valence electrons. The first kappa shape index (κ1) is 22.2. The third-order valence-corrected chi connectivity index (χ3v) is 3.46. The summed E-state index contributed by atoms with van der Waals surface area (Å²) >= 11 is 0. The Balaban J connectivity index is 0.00000338. The molecule has 9 heteroatoms. The highest BCUT2D eigenvalue weighted by molar-refractivity contribution is 14.0. The Morgan fingerprint density at radius 3 is 2.58 bits per heavy atom. The number of halogens is 1. The smallest absolute Gasteiger partial charge is 0.191 e. The highest BCUT2D eigenvalue weighted by atomic mass is 127. The van der Waals surface area contributed by atoms with E-state index in [2.05, 4.69) is 25.7 Å². The number of nitrogens with one attached hydrogen (secondary N) is 2. The lowest BCUT2D eigenvalue weighted by atomic mass is 10.2. The molecule has 0 bridgehead atoms. The molecule has 0 unspecified atom stereocenters. The number of hydrogen-bond acceptors (Lipinski definition) is 5. The number of aromatic nitrogens is 3. The predicted octanol–water partition coefficient (Wildman–Crippen LogP) is 1.71. The van der Waals surface area contributed by atoms with Crippen molar-refractivity contribution in [3.8, 4) is 5.75 Å². The van der Waals surface area contributed by atoms with Crippen molar-refractivity contribution in [1.82, 2.24) is 25.4 Å². The van der Waals surface area contributed by atoms with Gasteiger partial charge >= 0.3 is 0 Å². The number of methoxy groups -OCH3 is 1. The van der Waals surface area contributed by atoms with Crippen molar-refractivity contribution in [2.75, 3.05) is 26.9 Å². The average molecular weight is 474 g/mol. The lowest BCUT2D eigenvalue weighted by Crippen LogP contribution is -2.37. The molecule has 2 N–H and O–H groups in total. The predicted molar refractivity (Wildman–Crippen MR) is 112 cm³/mol. The molecule has 0 saturated carbocycles. The van der Waals surface area contributed by atoms with Crippen LogP contribution in [0.3, 0.4) is 0 Å². The Bertz CT molecular complexity index is 660. The molecule has 2 aromatic rings. The van der Waals surface area contributed by atoms with Gasteiger partial charge in [0.15, 0.2) is 5.96 Å². The van der Waals surface area contributed by atoms with Gasteiger partial charge in [0.1, 0.15) is 24.5 Å². The first-order chi connectivity index (χ1) is 12.2. The first-order valence-electron chi connectivity index (χ1n) is 8.28. The molecule has 0 saturated heterocycles. The fraction of sp³-hybridized carbons (Fsp3) is 0.471. The average Bonchev–Trinajstić information content (AvgIpc) is 3.04. The second-order valence-electron chi connectivity index (χ2n) is 5.33. The molecular weight excluding hydrogens is 447 g/mol. The molecule has 1 heterocycles. The van der Waals surface area contributed by atoms with Crippen LogP contribution in [0.5, 0.6) is 5.75 Å². The molecule has 0 amide bonds. The van der Waals surface area contributed by atoms with E-state index >= 15 is 0 Å². The van der Waals surface area contributed by atoms with Crippen LogP contribution in [-0.2, 0) is 24.9 Å². The van der Waals surface area contributed by atoms with Crippen molar-refractivity contribution in [2.24, 2.45) is 12.0 Å². The molecule has 0 aliphatic heterocycles. The Morgan fingerprint density at radius 2 is 1.96 bits per heavy atom. The molecule has 0 aliphatic rings. The summed E-state index contributed by atoms with van der Waals surface area (Å²) in [5.41, 5.74) is 1.11. The van der Waals surface area contributed by atoms with E-state index in [4.69, 9.17) is 9.47 Å². The summed E-state index contributed by atoms with van der Waals surface area (Å²) in [7, 11) is 3.52. The Hall–Kier alpha value is -1.88. The van der Waals surface area contributed by atoms with Crippen molar-refractivity contribution in [3.63, 3.8) is 0 Å².